The molecule has 0 radical (unpaired) electrons. The molecule has 0 unspecified atom stereocenters. The highest BCUT2D eigenvalue weighted by Gasteiger charge is 2.41. The van der Waals surface area contributed by atoms with Gasteiger partial charge in [-0.1, -0.05) is 25.1 Å². The number of hydrogen-bond acceptors (Lipinski definition) is 7. The van der Waals surface area contributed by atoms with Gasteiger partial charge >= 0.3 is 0 Å². The van der Waals surface area contributed by atoms with E-state index in [0.29, 0.717) is 27.1 Å². The molecular formula is C28H34FIN2O7. The Morgan fingerprint density at radius 3 is 2.62 bits per heavy atom. The van der Waals surface area contributed by atoms with Crippen molar-refractivity contribution < 1.29 is 38.8 Å². The Labute approximate surface area is 240 Å². The SMILES string of the molecule is CCCC(=O)N(Cc1ccccc1F)[C@@H]1CC(C(=O)NCCO)=C[C@H](Oc2c(I)cc(CO)cc2OC)[C@H]1O. The van der Waals surface area contributed by atoms with Crippen molar-refractivity contribution in [3.63, 3.8) is 0 Å². The molecule has 1 aliphatic rings. The van der Waals surface area contributed by atoms with E-state index < -0.39 is 30.0 Å². The van der Waals surface area contributed by atoms with Crippen LogP contribution in [0.3, 0.4) is 0 Å². The van der Waals surface area contributed by atoms with E-state index in [9.17, 15) is 29.3 Å². The number of methoxy groups -OCH3 is 1. The highest BCUT2D eigenvalue weighted by atomic mass is 127. The number of aliphatic hydroxyl groups excluding tert-OH is 3. The Hall–Kier alpha value is -2.74. The average molecular weight is 656 g/mol. The number of benzene rings is 2. The van der Waals surface area contributed by atoms with Gasteiger partial charge in [0, 0.05) is 37.1 Å². The average Bonchev–Trinajstić information content (AvgIpc) is 2.93. The first kappa shape index (κ1) is 30.8. The Kier molecular flexibility index (Phi) is 11.5. The predicted octanol–water partition coefficient (Wildman–Crippen LogP) is 2.68. The number of nitrogens with zero attached hydrogens (tertiary/aromatic N) is 1. The molecule has 0 heterocycles. The van der Waals surface area contributed by atoms with Gasteiger partial charge in [-0.3, -0.25) is 9.59 Å². The lowest BCUT2D eigenvalue weighted by atomic mass is 9.87. The van der Waals surface area contributed by atoms with E-state index in [2.05, 4.69) is 5.32 Å². The van der Waals surface area contributed by atoms with Crippen LogP contribution in [-0.2, 0) is 22.7 Å². The van der Waals surface area contributed by atoms with Gasteiger partial charge < -0.3 is 35.0 Å². The van der Waals surface area contributed by atoms with Gasteiger partial charge in [-0.05, 0) is 58.9 Å². The maximum atomic E-state index is 14.6. The first-order valence-corrected chi connectivity index (χ1v) is 13.8. The lowest BCUT2D eigenvalue weighted by Crippen LogP contribution is -2.54. The standard InChI is InChI=1S/C28H34FIN2O7/c1-3-6-25(35)32(15-18-7-4-5-8-20(18)29)22-13-19(28(37)31-9-10-33)14-23(26(22)36)39-27-21(30)11-17(16-34)12-24(27)38-2/h4-5,7-8,11-12,14,22-23,26,33-34,36H,3,6,9-10,13,15-16H2,1-2H3,(H,31,37)/t22-,23+,26+/m1/s1. The molecule has 1 aliphatic carbocycles. The number of nitrogens with one attached hydrogen (secondary N) is 1. The monoisotopic (exact) mass is 656 g/mol. The van der Waals surface area contributed by atoms with Crippen molar-refractivity contribution in [2.45, 2.75) is 57.6 Å². The van der Waals surface area contributed by atoms with Crippen LogP contribution in [0.5, 0.6) is 11.5 Å². The number of rotatable bonds is 12. The molecule has 2 aromatic rings. The number of amides is 2. The fraction of sp³-hybridized carbons (Fsp3) is 0.429. The molecule has 0 bridgehead atoms. The lowest BCUT2D eigenvalue weighted by Gasteiger charge is -2.40. The second kappa shape index (κ2) is 14.6. The maximum Gasteiger partial charge on any atom is 0.247 e. The third-order valence-corrected chi connectivity index (χ3v) is 7.22. The first-order valence-electron chi connectivity index (χ1n) is 12.7. The minimum Gasteiger partial charge on any atom is -0.493 e. The topological polar surface area (TPSA) is 129 Å². The molecule has 0 saturated heterocycles. The summed E-state index contributed by atoms with van der Waals surface area (Å²) in [5.41, 5.74) is 1.14. The Morgan fingerprint density at radius 2 is 1.97 bits per heavy atom. The zero-order chi connectivity index (χ0) is 28.5. The maximum absolute atomic E-state index is 14.6. The van der Waals surface area contributed by atoms with Gasteiger partial charge in [-0.25, -0.2) is 4.39 Å². The van der Waals surface area contributed by atoms with Gasteiger partial charge in [0.2, 0.25) is 11.8 Å². The summed E-state index contributed by atoms with van der Waals surface area (Å²) in [5, 5.41) is 32.9. The molecule has 3 atom stereocenters. The van der Waals surface area contributed by atoms with Crippen LogP contribution in [0.4, 0.5) is 4.39 Å². The van der Waals surface area contributed by atoms with Gasteiger partial charge in [0.15, 0.2) is 11.5 Å². The first-order chi connectivity index (χ1) is 18.7. The molecule has 3 rings (SSSR count). The highest BCUT2D eigenvalue weighted by molar-refractivity contribution is 14.1. The quantitative estimate of drug-likeness (QED) is 0.259. The predicted molar refractivity (Wildman–Crippen MR) is 150 cm³/mol. The van der Waals surface area contributed by atoms with Gasteiger partial charge in [0.05, 0.1) is 29.9 Å². The van der Waals surface area contributed by atoms with E-state index in [4.69, 9.17) is 9.47 Å². The van der Waals surface area contributed by atoms with Crippen LogP contribution in [-0.4, -0.2) is 70.5 Å². The summed E-state index contributed by atoms with van der Waals surface area (Å²) < 4.78 is 26.9. The molecule has 0 aliphatic heterocycles. The summed E-state index contributed by atoms with van der Waals surface area (Å²) in [5.74, 6) is -0.623. The number of aliphatic hydroxyl groups is 3. The minimum absolute atomic E-state index is 0.000126. The van der Waals surface area contributed by atoms with Crippen LogP contribution in [0.25, 0.3) is 0 Å². The van der Waals surface area contributed by atoms with Crippen molar-refractivity contribution in [2.24, 2.45) is 0 Å². The minimum atomic E-state index is -1.27. The Balaban J connectivity index is 2.04. The van der Waals surface area contributed by atoms with E-state index in [1.165, 1.54) is 24.2 Å². The highest BCUT2D eigenvalue weighted by Crippen LogP contribution is 2.37. The Morgan fingerprint density at radius 1 is 1.23 bits per heavy atom. The number of halogens is 2. The molecule has 0 fully saturated rings. The summed E-state index contributed by atoms with van der Waals surface area (Å²) in [4.78, 5) is 27.7. The van der Waals surface area contributed by atoms with Crippen LogP contribution in [0, 0.1) is 9.39 Å². The molecule has 9 nitrogen and oxygen atoms in total. The number of ether oxygens (including phenoxy) is 2. The smallest absolute Gasteiger partial charge is 0.247 e. The van der Waals surface area contributed by atoms with E-state index in [1.54, 1.807) is 30.3 Å². The zero-order valence-electron chi connectivity index (χ0n) is 21.9. The van der Waals surface area contributed by atoms with Crippen LogP contribution in [0.2, 0.25) is 0 Å². The van der Waals surface area contributed by atoms with Crippen molar-refractivity contribution in [1.82, 2.24) is 10.2 Å². The molecule has 0 spiro atoms. The van der Waals surface area contributed by atoms with E-state index in [0.717, 1.165) is 0 Å². The fourth-order valence-electron chi connectivity index (χ4n) is 4.45. The Bertz CT molecular complexity index is 1190. The van der Waals surface area contributed by atoms with Gasteiger partial charge in [-0.15, -0.1) is 0 Å². The van der Waals surface area contributed by atoms with Crippen molar-refractivity contribution in [1.29, 1.82) is 0 Å². The third kappa shape index (κ3) is 7.68. The summed E-state index contributed by atoms with van der Waals surface area (Å²) in [7, 11) is 1.45. The molecule has 4 N–H and O–H groups in total. The largest absolute Gasteiger partial charge is 0.493 e. The van der Waals surface area contributed by atoms with Gasteiger partial charge in [0.25, 0.3) is 0 Å². The fourth-order valence-corrected chi connectivity index (χ4v) is 5.25. The number of carbonyl (C=O) groups is 2. The van der Waals surface area contributed by atoms with Gasteiger partial charge in [-0.2, -0.15) is 0 Å². The normalized spacial score (nSPS) is 18.7. The van der Waals surface area contributed by atoms with E-state index in [1.807, 2.05) is 29.5 Å². The molecule has 212 valence electrons. The zero-order valence-corrected chi connectivity index (χ0v) is 24.1. The van der Waals surface area contributed by atoms with Gasteiger partial charge in [0.1, 0.15) is 18.0 Å². The van der Waals surface area contributed by atoms with Crippen LogP contribution in [0.15, 0.2) is 48.0 Å². The molecule has 0 saturated carbocycles. The molecule has 2 amide bonds. The van der Waals surface area contributed by atoms with Crippen molar-refractivity contribution in [3.05, 3.63) is 68.6 Å². The van der Waals surface area contributed by atoms with E-state index in [-0.39, 0.29) is 56.2 Å². The molecule has 0 aromatic heterocycles. The summed E-state index contributed by atoms with van der Waals surface area (Å²) in [6.07, 6.45) is -0.132. The summed E-state index contributed by atoms with van der Waals surface area (Å²) >= 11 is 2.03. The number of hydrogen-bond donors (Lipinski definition) is 4. The van der Waals surface area contributed by atoms with Crippen LogP contribution < -0.4 is 14.8 Å². The molecule has 2 aromatic carbocycles. The van der Waals surface area contributed by atoms with Crippen molar-refractivity contribution in [2.75, 3.05) is 20.3 Å². The summed E-state index contributed by atoms with van der Waals surface area (Å²) in [6.45, 7) is 1.31. The van der Waals surface area contributed by atoms with Crippen molar-refractivity contribution >= 4 is 34.4 Å². The van der Waals surface area contributed by atoms with E-state index >= 15 is 0 Å². The second-order valence-corrected chi connectivity index (χ2v) is 10.3. The molecule has 39 heavy (non-hydrogen) atoms. The number of carbonyl (C=O) groups excluding carboxylic acids is 2. The van der Waals surface area contributed by atoms with Crippen LogP contribution >= 0.6 is 22.6 Å². The second-order valence-electron chi connectivity index (χ2n) is 9.15. The molecular weight excluding hydrogens is 622 g/mol. The molecule has 11 heteroatoms. The summed E-state index contributed by atoms with van der Waals surface area (Å²) in [6, 6.07) is 8.51. The lowest BCUT2D eigenvalue weighted by molar-refractivity contribution is -0.139. The third-order valence-electron chi connectivity index (χ3n) is 6.42. The van der Waals surface area contributed by atoms with Crippen molar-refractivity contribution in [3.8, 4) is 11.5 Å². The van der Waals surface area contributed by atoms with Crippen LogP contribution in [0.1, 0.15) is 37.3 Å².